The average Bonchev–Trinajstić information content (AvgIpc) is 2.90. The Morgan fingerprint density at radius 2 is 1.63 bits per heavy atom. The monoisotopic (exact) mass is 367 g/mol. The number of amides is 2. The van der Waals surface area contributed by atoms with Crippen molar-refractivity contribution in [2.75, 3.05) is 25.5 Å². The molecule has 0 aliphatic heterocycles. The molecule has 1 heterocycles. The molecule has 0 unspecified atom stereocenters. The summed E-state index contributed by atoms with van der Waals surface area (Å²) in [7, 11) is 1.74. The summed E-state index contributed by atoms with van der Waals surface area (Å²) in [5.41, 5.74) is 2.01. The van der Waals surface area contributed by atoms with Gasteiger partial charge in [-0.05, 0) is 52.1 Å². The Morgan fingerprint density at radius 1 is 0.963 bits per heavy atom. The van der Waals surface area contributed by atoms with Gasteiger partial charge >= 0.3 is 0 Å². The predicted octanol–water partition coefficient (Wildman–Crippen LogP) is 3.37. The minimum absolute atomic E-state index is 0.107. The molecule has 0 fully saturated rings. The number of furan rings is 1. The molecule has 27 heavy (non-hydrogen) atoms. The Labute approximate surface area is 158 Å². The minimum atomic E-state index is -0.289. The highest BCUT2D eigenvalue weighted by atomic mass is 16.3. The lowest BCUT2D eigenvalue weighted by Gasteiger charge is -2.23. The van der Waals surface area contributed by atoms with Gasteiger partial charge in [-0.25, -0.2) is 0 Å². The van der Waals surface area contributed by atoms with Crippen LogP contribution < -0.4 is 10.6 Å². The van der Waals surface area contributed by atoms with Gasteiger partial charge in [0.1, 0.15) is 11.2 Å². The minimum Gasteiger partial charge on any atom is -0.456 e. The van der Waals surface area contributed by atoms with E-state index in [2.05, 4.69) is 10.6 Å². The second-order valence-electron chi connectivity index (χ2n) is 7.83. The molecule has 3 rings (SSSR count). The number of hydrogen-bond acceptors (Lipinski definition) is 4. The largest absolute Gasteiger partial charge is 0.456 e. The van der Waals surface area contributed by atoms with Gasteiger partial charge in [-0.15, -0.1) is 0 Å². The van der Waals surface area contributed by atoms with Crippen molar-refractivity contribution in [3.63, 3.8) is 0 Å². The molecule has 6 heteroatoms. The molecule has 0 bridgehead atoms. The van der Waals surface area contributed by atoms with Crippen LogP contribution in [-0.2, 0) is 9.59 Å². The number of carbonyl (C=O) groups is 2. The van der Waals surface area contributed by atoms with Crippen molar-refractivity contribution >= 4 is 39.4 Å². The summed E-state index contributed by atoms with van der Waals surface area (Å²) >= 11 is 0. The Balaban J connectivity index is 1.63. The molecule has 6 nitrogen and oxygen atoms in total. The number of likely N-dealkylation sites (N-methyl/N-ethyl adjacent to an activating group) is 1. The first-order valence-corrected chi connectivity index (χ1v) is 8.92. The maximum absolute atomic E-state index is 12.3. The summed E-state index contributed by atoms with van der Waals surface area (Å²) in [4.78, 5) is 26.0. The van der Waals surface area contributed by atoms with Crippen LogP contribution in [0.1, 0.15) is 20.8 Å². The molecule has 0 aliphatic carbocycles. The van der Waals surface area contributed by atoms with E-state index in [0.29, 0.717) is 5.69 Å². The van der Waals surface area contributed by atoms with Gasteiger partial charge in [0, 0.05) is 22.0 Å². The summed E-state index contributed by atoms with van der Waals surface area (Å²) < 4.78 is 5.80. The van der Waals surface area contributed by atoms with Gasteiger partial charge in [-0.1, -0.05) is 18.2 Å². The van der Waals surface area contributed by atoms with E-state index >= 15 is 0 Å². The number of benzene rings is 2. The highest BCUT2D eigenvalue weighted by Gasteiger charge is 2.16. The lowest BCUT2D eigenvalue weighted by Crippen LogP contribution is -2.46. The van der Waals surface area contributed by atoms with Gasteiger partial charge in [0.25, 0.3) is 0 Å². The van der Waals surface area contributed by atoms with Crippen molar-refractivity contribution in [1.82, 2.24) is 10.2 Å². The summed E-state index contributed by atoms with van der Waals surface area (Å²) in [5.74, 6) is -0.280. The van der Waals surface area contributed by atoms with E-state index < -0.39 is 0 Å². The zero-order valence-electron chi connectivity index (χ0n) is 16.1. The third kappa shape index (κ3) is 4.86. The zero-order valence-corrected chi connectivity index (χ0v) is 16.1. The molecule has 2 amide bonds. The van der Waals surface area contributed by atoms with Crippen LogP contribution in [-0.4, -0.2) is 42.4 Å². The maximum Gasteiger partial charge on any atom is 0.238 e. The van der Waals surface area contributed by atoms with Gasteiger partial charge in [0.15, 0.2) is 0 Å². The standard InChI is InChI=1S/C21H25N3O3/c1-21(2,3)23-20(26)13-24(4)12-19(25)22-14-9-10-18-16(11-14)15-7-5-6-8-17(15)27-18/h5-11H,12-13H2,1-4H3,(H,22,25)(H,23,26). The smallest absolute Gasteiger partial charge is 0.238 e. The highest BCUT2D eigenvalue weighted by molar-refractivity contribution is 6.07. The summed E-state index contributed by atoms with van der Waals surface area (Å²) in [5, 5.41) is 7.74. The Kier molecular flexibility index (Phi) is 5.19. The Morgan fingerprint density at radius 3 is 2.37 bits per heavy atom. The first-order valence-electron chi connectivity index (χ1n) is 8.92. The number of carbonyl (C=O) groups excluding carboxylic acids is 2. The number of anilines is 1. The Bertz CT molecular complexity index is 985. The van der Waals surface area contributed by atoms with Gasteiger partial charge in [0.05, 0.1) is 13.1 Å². The third-order valence-electron chi connectivity index (χ3n) is 4.00. The molecular weight excluding hydrogens is 342 g/mol. The number of nitrogens with one attached hydrogen (secondary N) is 2. The fourth-order valence-electron chi connectivity index (χ4n) is 3.01. The molecule has 1 aromatic heterocycles. The number of hydrogen-bond donors (Lipinski definition) is 2. The highest BCUT2D eigenvalue weighted by Crippen LogP contribution is 2.30. The van der Waals surface area contributed by atoms with Crippen molar-refractivity contribution in [2.45, 2.75) is 26.3 Å². The molecule has 3 aromatic rings. The molecule has 0 spiro atoms. The van der Waals surface area contributed by atoms with E-state index in [4.69, 9.17) is 4.42 Å². The van der Waals surface area contributed by atoms with E-state index in [0.717, 1.165) is 21.9 Å². The van der Waals surface area contributed by atoms with Crippen molar-refractivity contribution in [1.29, 1.82) is 0 Å². The van der Waals surface area contributed by atoms with Crippen LogP contribution >= 0.6 is 0 Å². The van der Waals surface area contributed by atoms with Gasteiger partial charge in [0.2, 0.25) is 11.8 Å². The van der Waals surface area contributed by atoms with Crippen molar-refractivity contribution in [2.24, 2.45) is 0 Å². The van der Waals surface area contributed by atoms with Crippen molar-refractivity contribution < 1.29 is 14.0 Å². The molecule has 0 aliphatic rings. The molecule has 0 saturated heterocycles. The average molecular weight is 367 g/mol. The summed E-state index contributed by atoms with van der Waals surface area (Å²) in [6.45, 7) is 6.06. The first-order chi connectivity index (χ1) is 12.7. The fraction of sp³-hybridized carbons (Fsp3) is 0.333. The normalized spacial score (nSPS) is 11.9. The van der Waals surface area contributed by atoms with Crippen molar-refractivity contribution in [3.8, 4) is 0 Å². The topological polar surface area (TPSA) is 74.6 Å². The van der Waals surface area contributed by atoms with E-state index in [9.17, 15) is 9.59 Å². The van der Waals surface area contributed by atoms with Crippen LogP contribution in [0.25, 0.3) is 21.9 Å². The summed E-state index contributed by atoms with van der Waals surface area (Å²) in [6.07, 6.45) is 0. The fourth-order valence-corrected chi connectivity index (χ4v) is 3.01. The molecule has 0 atom stereocenters. The van der Waals surface area contributed by atoms with E-state index in [1.807, 2.05) is 63.2 Å². The van der Waals surface area contributed by atoms with E-state index in [-0.39, 0.29) is 30.4 Å². The first kappa shape index (κ1) is 18.9. The van der Waals surface area contributed by atoms with E-state index in [1.54, 1.807) is 11.9 Å². The molecule has 0 radical (unpaired) electrons. The van der Waals surface area contributed by atoms with Crippen LogP contribution in [0.15, 0.2) is 46.9 Å². The second kappa shape index (κ2) is 7.40. The van der Waals surface area contributed by atoms with Gasteiger partial charge in [-0.3, -0.25) is 14.5 Å². The van der Waals surface area contributed by atoms with Gasteiger partial charge in [-0.2, -0.15) is 0 Å². The van der Waals surface area contributed by atoms with Crippen LogP contribution in [0.3, 0.4) is 0 Å². The van der Waals surface area contributed by atoms with Gasteiger partial charge < -0.3 is 15.1 Å². The predicted molar refractivity (Wildman–Crippen MR) is 108 cm³/mol. The molecule has 142 valence electrons. The molecule has 2 N–H and O–H groups in total. The molecule has 0 saturated carbocycles. The quantitative estimate of drug-likeness (QED) is 0.725. The zero-order chi connectivity index (χ0) is 19.6. The second-order valence-corrected chi connectivity index (χ2v) is 7.83. The number of para-hydroxylation sites is 1. The lowest BCUT2D eigenvalue weighted by atomic mass is 10.1. The maximum atomic E-state index is 12.3. The third-order valence-corrected chi connectivity index (χ3v) is 4.00. The van der Waals surface area contributed by atoms with Crippen LogP contribution in [0, 0.1) is 0 Å². The molecule has 2 aromatic carbocycles. The van der Waals surface area contributed by atoms with Crippen LogP contribution in [0.2, 0.25) is 0 Å². The number of rotatable bonds is 5. The van der Waals surface area contributed by atoms with Crippen LogP contribution in [0.4, 0.5) is 5.69 Å². The van der Waals surface area contributed by atoms with Crippen LogP contribution in [0.5, 0.6) is 0 Å². The number of fused-ring (bicyclic) bond motifs is 3. The molecular formula is C21H25N3O3. The number of nitrogens with zero attached hydrogens (tertiary/aromatic N) is 1. The Hall–Kier alpha value is -2.86. The SMILES string of the molecule is CN(CC(=O)Nc1ccc2oc3ccccc3c2c1)CC(=O)NC(C)(C)C. The van der Waals surface area contributed by atoms with E-state index in [1.165, 1.54) is 0 Å². The summed E-state index contributed by atoms with van der Waals surface area (Å²) in [6, 6.07) is 13.4. The van der Waals surface area contributed by atoms with Crippen molar-refractivity contribution in [3.05, 3.63) is 42.5 Å². The lowest BCUT2D eigenvalue weighted by molar-refractivity contribution is -0.124.